The second-order valence-corrected chi connectivity index (χ2v) is 3.98. The number of hydrogen-bond donors (Lipinski definition) is 2. The molecule has 0 unspecified atom stereocenters. The van der Waals surface area contributed by atoms with E-state index in [4.69, 9.17) is 5.73 Å². The van der Waals surface area contributed by atoms with Crippen molar-refractivity contribution in [2.24, 2.45) is 0 Å². The van der Waals surface area contributed by atoms with Crippen LogP contribution in [0.4, 0.5) is 11.5 Å². The molecule has 2 rings (SSSR count). The van der Waals surface area contributed by atoms with Crippen molar-refractivity contribution in [1.82, 2.24) is 20.1 Å². The highest BCUT2D eigenvalue weighted by Crippen LogP contribution is 2.27. The summed E-state index contributed by atoms with van der Waals surface area (Å²) in [6, 6.07) is 5.21. The van der Waals surface area contributed by atoms with Gasteiger partial charge in [-0.1, -0.05) is 6.07 Å². The van der Waals surface area contributed by atoms with Crippen molar-refractivity contribution in [2.45, 2.75) is 0 Å². The van der Waals surface area contributed by atoms with Crippen molar-refractivity contribution in [3.63, 3.8) is 0 Å². The van der Waals surface area contributed by atoms with Gasteiger partial charge in [0.25, 0.3) is 5.91 Å². The van der Waals surface area contributed by atoms with Gasteiger partial charge in [-0.2, -0.15) is 9.78 Å². The molecule has 8 heteroatoms. The molecule has 0 spiro atoms. The van der Waals surface area contributed by atoms with Gasteiger partial charge in [0, 0.05) is 20.3 Å². The molecular weight excluding hydrogens is 260 g/mol. The number of aromatic nitrogens is 3. The number of nitrogens with zero attached hydrogens (tertiary/aromatic N) is 4. The van der Waals surface area contributed by atoms with Crippen LogP contribution in [-0.2, 0) is 4.79 Å². The van der Waals surface area contributed by atoms with Crippen molar-refractivity contribution in [2.75, 3.05) is 24.7 Å². The Kier molecular flexibility index (Phi) is 3.65. The molecule has 104 valence electrons. The monoisotopic (exact) mass is 274 g/mol. The van der Waals surface area contributed by atoms with Crippen LogP contribution >= 0.6 is 0 Å². The molecule has 3 N–H and O–H groups in total. The van der Waals surface area contributed by atoms with Crippen LogP contribution in [0, 0.1) is 0 Å². The van der Waals surface area contributed by atoms with Gasteiger partial charge in [-0.15, -0.1) is 0 Å². The van der Waals surface area contributed by atoms with E-state index in [1.165, 1.54) is 23.7 Å². The third-order valence-electron chi connectivity index (χ3n) is 2.70. The number of rotatable bonds is 4. The summed E-state index contributed by atoms with van der Waals surface area (Å²) in [5.74, 6) is 0.313. The molecule has 2 heterocycles. The SMILES string of the molecule is CNC(=O)c1nn(-c2ccccn2)c(N(C)C=O)c1N. The first-order valence-electron chi connectivity index (χ1n) is 5.80. The third kappa shape index (κ3) is 2.18. The lowest BCUT2D eigenvalue weighted by Gasteiger charge is -2.13. The Balaban J connectivity index is 2.66. The van der Waals surface area contributed by atoms with Gasteiger partial charge in [0.05, 0.1) is 0 Å². The van der Waals surface area contributed by atoms with E-state index in [-0.39, 0.29) is 17.2 Å². The Morgan fingerprint density at radius 1 is 1.50 bits per heavy atom. The number of pyridine rings is 1. The molecule has 0 fully saturated rings. The maximum Gasteiger partial charge on any atom is 0.273 e. The van der Waals surface area contributed by atoms with Crippen molar-refractivity contribution >= 4 is 23.8 Å². The lowest BCUT2D eigenvalue weighted by atomic mass is 10.3. The topological polar surface area (TPSA) is 106 Å². The number of nitrogen functional groups attached to an aromatic ring is 1. The molecule has 0 atom stereocenters. The van der Waals surface area contributed by atoms with Crippen LogP contribution in [0.5, 0.6) is 0 Å². The molecule has 0 saturated carbocycles. The summed E-state index contributed by atoms with van der Waals surface area (Å²) in [7, 11) is 3.00. The number of amides is 2. The van der Waals surface area contributed by atoms with Crippen LogP contribution in [-0.4, -0.2) is 41.2 Å². The summed E-state index contributed by atoms with van der Waals surface area (Å²) in [6.45, 7) is 0. The fourth-order valence-electron chi connectivity index (χ4n) is 1.74. The zero-order valence-corrected chi connectivity index (χ0v) is 11.1. The van der Waals surface area contributed by atoms with Crippen LogP contribution in [0.15, 0.2) is 24.4 Å². The number of anilines is 2. The third-order valence-corrected chi connectivity index (χ3v) is 2.70. The van der Waals surface area contributed by atoms with E-state index < -0.39 is 5.91 Å². The second kappa shape index (κ2) is 5.39. The van der Waals surface area contributed by atoms with Gasteiger partial charge in [0.15, 0.2) is 17.3 Å². The van der Waals surface area contributed by atoms with Crippen molar-refractivity contribution in [3.05, 3.63) is 30.1 Å². The fraction of sp³-hybridized carbons (Fsp3) is 0.167. The number of carbonyl (C=O) groups excluding carboxylic acids is 2. The molecule has 0 aliphatic heterocycles. The van der Waals surface area contributed by atoms with E-state index in [0.29, 0.717) is 12.2 Å². The average Bonchev–Trinajstić information content (AvgIpc) is 2.84. The Labute approximate surface area is 115 Å². The smallest absolute Gasteiger partial charge is 0.273 e. The van der Waals surface area contributed by atoms with E-state index in [2.05, 4.69) is 15.4 Å². The molecule has 0 aromatic carbocycles. The molecule has 8 nitrogen and oxygen atoms in total. The standard InChI is InChI=1S/C12H14N6O2/c1-14-11(20)10-9(13)12(17(2)7-19)18(16-10)8-5-3-4-6-15-8/h3-7H,13H2,1-2H3,(H,14,20). The van der Waals surface area contributed by atoms with Gasteiger partial charge < -0.3 is 16.0 Å². The van der Waals surface area contributed by atoms with E-state index in [9.17, 15) is 9.59 Å². The molecule has 0 saturated heterocycles. The molecule has 0 aliphatic rings. The summed E-state index contributed by atoms with van der Waals surface area (Å²) in [4.78, 5) is 28.1. The second-order valence-electron chi connectivity index (χ2n) is 3.98. The summed E-state index contributed by atoms with van der Waals surface area (Å²) in [5, 5.41) is 6.59. The minimum atomic E-state index is -0.433. The van der Waals surface area contributed by atoms with Gasteiger partial charge in [-0.25, -0.2) is 4.98 Å². The predicted molar refractivity (Wildman–Crippen MR) is 73.6 cm³/mol. The number of carbonyl (C=O) groups is 2. The van der Waals surface area contributed by atoms with Gasteiger partial charge in [-0.05, 0) is 12.1 Å². The number of nitrogens with two attached hydrogens (primary N) is 1. The summed E-state index contributed by atoms with van der Waals surface area (Å²) < 4.78 is 1.36. The van der Waals surface area contributed by atoms with Crippen LogP contribution in [0.2, 0.25) is 0 Å². The highest BCUT2D eigenvalue weighted by atomic mass is 16.2. The van der Waals surface area contributed by atoms with Gasteiger partial charge >= 0.3 is 0 Å². The summed E-state index contributed by atoms with van der Waals surface area (Å²) in [6.07, 6.45) is 2.16. The Morgan fingerprint density at radius 2 is 2.25 bits per heavy atom. The highest BCUT2D eigenvalue weighted by molar-refractivity contribution is 6.01. The zero-order chi connectivity index (χ0) is 14.7. The molecule has 20 heavy (non-hydrogen) atoms. The fourth-order valence-corrected chi connectivity index (χ4v) is 1.74. The quantitative estimate of drug-likeness (QED) is 0.751. The van der Waals surface area contributed by atoms with Crippen LogP contribution in [0.3, 0.4) is 0 Å². The molecular formula is C12H14N6O2. The van der Waals surface area contributed by atoms with Crippen LogP contribution in [0.1, 0.15) is 10.5 Å². The normalized spacial score (nSPS) is 10.1. The van der Waals surface area contributed by atoms with Crippen molar-refractivity contribution in [3.8, 4) is 5.82 Å². The largest absolute Gasteiger partial charge is 0.394 e. The van der Waals surface area contributed by atoms with E-state index in [1.54, 1.807) is 24.4 Å². The Bertz CT molecular complexity index is 637. The number of hydrogen-bond acceptors (Lipinski definition) is 5. The molecule has 0 bridgehead atoms. The average molecular weight is 274 g/mol. The maximum atomic E-state index is 11.7. The highest BCUT2D eigenvalue weighted by Gasteiger charge is 2.23. The first kappa shape index (κ1) is 13.5. The first-order valence-corrected chi connectivity index (χ1v) is 5.80. The zero-order valence-electron chi connectivity index (χ0n) is 11.1. The first-order chi connectivity index (χ1) is 9.60. The molecule has 0 radical (unpaired) electrons. The van der Waals surface area contributed by atoms with Crippen LogP contribution < -0.4 is 16.0 Å². The van der Waals surface area contributed by atoms with Crippen LogP contribution in [0.25, 0.3) is 5.82 Å². The number of nitrogens with one attached hydrogen (secondary N) is 1. The molecule has 0 aliphatic carbocycles. The Hall–Kier alpha value is -2.90. The predicted octanol–water partition coefficient (Wildman–Crippen LogP) is -0.198. The van der Waals surface area contributed by atoms with Crippen molar-refractivity contribution in [1.29, 1.82) is 0 Å². The lowest BCUT2D eigenvalue weighted by molar-refractivity contribution is -0.107. The van der Waals surface area contributed by atoms with E-state index >= 15 is 0 Å². The minimum absolute atomic E-state index is 0.0434. The maximum absolute atomic E-state index is 11.7. The minimum Gasteiger partial charge on any atom is -0.394 e. The van der Waals surface area contributed by atoms with Gasteiger partial charge in [0.1, 0.15) is 5.69 Å². The molecule has 2 aromatic rings. The van der Waals surface area contributed by atoms with E-state index in [1.807, 2.05) is 0 Å². The molecule has 2 amide bonds. The van der Waals surface area contributed by atoms with E-state index in [0.717, 1.165) is 0 Å². The lowest BCUT2D eigenvalue weighted by Crippen LogP contribution is -2.20. The van der Waals surface area contributed by atoms with Gasteiger partial charge in [0.2, 0.25) is 6.41 Å². The van der Waals surface area contributed by atoms with Crippen molar-refractivity contribution < 1.29 is 9.59 Å². The van der Waals surface area contributed by atoms with Gasteiger partial charge in [-0.3, -0.25) is 9.59 Å². The Morgan fingerprint density at radius 3 is 2.80 bits per heavy atom. The molecule has 2 aromatic heterocycles. The summed E-state index contributed by atoms with van der Waals surface area (Å²) >= 11 is 0. The summed E-state index contributed by atoms with van der Waals surface area (Å²) in [5.41, 5.74) is 6.08.